The molecule has 0 spiro atoms. The lowest BCUT2D eigenvalue weighted by molar-refractivity contribution is 0.0807. The third-order valence-corrected chi connectivity index (χ3v) is 9.12. The number of benzene rings is 3. The minimum atomic E-state index is -0.464. The van der Waals surface area contributed by atoms with Gasteiger partial charge >= 0.3 is 0 Å². The fourth-order valence-electron chi connectivity index (χ4n) is 5.83. The maximum absolute atomic E-state index is 13.9. The standard InChI is InChI=1S/C38H56N2O2/c1-9-11-13-23-39(7)25-21-37(3,4)35(41)31-19-15-17-29-28-34-30(27-33(29)31)18-16-20-32(34)36(42)38(5,6)22-26-40(8)24-14-12-10-2/h15-20,27-28H,9-14,21-26H2,1-8H3. The summed E-state index contributed by atoms with van der Waals surface area (Å²) in [7, 11) is 4.32. The molecule has 0 heterocycles. The van der Waals surface area contributed by atoms with E-state index in [2.05, 4.69) is 89.7 Å². The van der Waals surface area contributed by atoms with Crippen molar-refractivity contribution >= 4 is 33.1 Å². The Bertz CT molecular complexity index is 1240. The van der Waals surface area contributed by atoms with Crippen LogP contribution in [0, 0.1) is 10.8 Å². The molecule has 0 saturated heterocycles. The molecule has 3 rings (SSSR count). The molecule has 4 heteroatoms. The Morgan fingerprint density at radius 2 is 0.976 bits per heavy atom. The van der Waals surface area contributed by atoms with Gasteiger partial charge in [0.2, 0.25) is 0 Å². The summed E-state index contributed by atoms with van der Waals surface area (Å²) in [5.41, 5.74) is 0.620. The summed E-state index contributed by atoms with van der Waals surface area (Å²) in [6.07, 6.45) is 8.98. The minimum absolute atomic E-state index is 0.186. The maximum Gasteiger partial charge on any atom is 0.169 e. The van der Waals surface area contributed by atoms with Crippen LogP contribution in [0.15, 0.2) is 48.5 Å². The van der Waals surface area contributed by atoms with E-state index in [1.807, 2.05) is 24.3 Å². The van der Waals surface area contributed by atoms with Crippen LogP contribution >= 0.6 is 0 Å². The van der Waals surface area contributed by atoms with Crippen LogP contribution in [-0.4, -0.2) is 61.6 Å². The molecule has 0 atom stereocenters. The number of hydrogen-bond donors (Lipinski definition) is 0. The number of carbonyl (C=O) groups excluding carboxylic acids is 2. The zero-order chi connectivity index (χ0) is 30.9. The van der Waals surface area contributed by atoms with Gasteiger partial charge < -0.3 is 9.80 Å². The van der Waals surface area contributed by atoms with Crippen molar-refractivity contribution in [2.24, 2.45) is 10.8 Å². The first kappa shape index (κ1) is 33.9. The van der Waals surface area contributed by atoms with Crippen molar-refractivity contribution in [2.45, 2.75) is 92.9 Å². The quantitative estimate of drug-likeness (QED) is 0.0865. The second-order valence-electron chi connectivity index (χ2n) is 13.9. The number of Topliss-reactive ketones (excluding diaryl/α,β-unsaturated/α-hetero) is 2. The van der Waals surface area contributed by atoms with E-state index in [-0.39, 0.29) is 11.6 Å². The van der Waals surface area contributed by atoms with Crippen LogP contribution < -0.4 is 0 Å². The van der Waals surface area contributed by atoms with Gasteiger partial charge in [-0.2, -0.15) is 0 Å². The third-order valence-electron chi connectivity index (χ3n) is 9.12. The molecule has 0 saturated carbocycles. The molecule has 3 aromatic rings. The number of ketones is 2. The van der Waals surface area contributed by atoms with Gasteiger partial charge in [0.05, 0.1) is 0 Å². The molecule has 0 aliphatic rings. The molecule has 4 nitrogen and oxygen atoms in total. The van der Waals surface area contributed by atoms with Gasteiger partial charge in [0.25, 0.3) is 0 Å². The van der Waals surface area contributed by atoms with E-state index in [0.717, 1.165) is 71.7 Å². The Morgan fingerprint density at radius 3 is 1.33 bits per heavy atom. The number of carbonyl (C=O) groups is 2. The summed E-state index contributed by atoms with van der Waals surface area (Å²) in [4.78, 5) is 32.6. The Kier molecular flexibility index (Phi) is 12.3. The van der Waals surface area contributed by atoms with Crippen molar-refractivity contribution < 1.29 is 9.59 Å². The van der Waals surface area contributed by atoms with E-state index < -0.39 is 10.8 Å². The van der Waals surface area contributed by atoms with E-state index in [1.165, 1.54) is 38.5 Å². The molecule has 42 heavy (non-hydrogen) atoms. The Morgan fingerprint density at radius 1 is 0.595 bits per heavy atom. The van der Waals surface area contributed by atoms with Crippen molar-refractivity contribution in [2.75, 3.05) is 40.3 Å². The van der Waals surface area contributed by atoms with Crippen molar-refractivity contribution in [3.63, 3.8) is 0 Å². The van der Waals surface area contributed by atoms with Gasteiger partial charge in [-0.25, -0.2) is 0 Å². The lowest BCUT2D eigenvalue weighted by Gasteiger charge is -2.27. The van der Waals surface area contributed by atoms with Crippen LogP contribution in [0.5, 0.6) is 0 Å². The second-order valence-corrected chi connectivity index (χ2v) is 13.9. The van der Waals surface area contributed by atoms with Crippen LogP contribution in [0.3, 0.4) is 0 Å². The average Bonchev–Trinajstić information content (AvgIpc) is 2.97. The molecular weight excluding hydrogens is 516 g/mol. The van der Waals surface area contributed by atoms with Crippen molar-refractivity contribution in [3.8, 4) is 0 Å². The van der Waals surface area contributed by atoms with Crippen molar-refractivity contribution in [1.82, 2.24) is 9.80 Å². The monoisotopic (exact) mass is 572 g/mol. The van der Waals surface area contributed by atoms with E-state index in [1.54, 1.807) is 0 Å². The molecular formula is C38H56N2O2. The summed E-state index contributed by atoms with van der Waals surface area (Å²) < 4.78 is 0. The summed E-state index contributed by atoms with van der Waals surface area (Å²) in [5, 5.41) is 3.96. The van der Waals surface area contributed by atoms with E-state index >= 15 is 0 Å². The lowest BCUT2D eigenvalue weighted by atomic mass is 9.78. The summed E-state index contributed by atoms with van der Waals surface area (Å²) >= 11 is 0. The Labute approximate surface area is 255 Å². The first-order chi connectivity index (χ1) is 19.9. The molecule has 0 fully saturated rings. The van der Waals surface area contributed by atoms with Gasteiger partial charge in [0.15, 0.2) is 11.6 Å². The number of hydrogen-bond acceptors (Lipinski definition) is 4. The SMILES string of the molecule is CCCCCN(C)CCC(C)(C)C(=O)c1cccc2cc3c(C(=O)C(C)(C)CCN(C)CCCCC)cccc3cc12. The molecule has 0 N–H and O–H groups in total. The van der Waals surface area contributed by atoms with Gasteiger partial charge in [-0.1, -0.05) is 104 Å². The van der Waals surface area contributed by atoms with Gasteiger partial charge in [-0.3, -0.25) is 9.59 Å². The predicted octanol–water partition coefficient (Wildman–Crippen LogP) is 9.44. The highest BCUT2D eigenvalue weighted by Crippen LogP contribution is 2.35. The largest absolute Gasteiger partial charge is 0.306 e. The summed E-state index contributed by atoms with van der Waals surface area (Å²) in [6.45, 7) is 16.7. The van der Waals surface area contributed by atoms with Crippen molar-refractivity contribution in [1.29, 1.82) is 0 Å². The van der Waals surface area contributed by atoms with Crippen LogP contribution in [-0.2, 0) is 0 Å². The van der Waals surface area contributed by atoms with Gasteiger partial charge in [-0.15, -0.1) is 0 Å². The molecule has 3 aromatic carbocycles. The highest BCUT2D eigenvalue weighted by atomic mass is 16.1. The van der Waals surface area contributed by atoms with Gasteiger partial charge in [-0.05, 0) is 99.6 Å². The fraction of sp³-hybridized carbons (Fsp3) is 0.579. The molecule has 0 aromatic heterocycles. The topological polar surface area (TPSA) is 40.6 Å². The van der Waals surface area contributed by atoms with E-state index in [0.29, 0.717) is 0 Å². The normalized spacial score (nSPS) is 12.6. The zero-order valence-corrected chi connectivity index (χ0v) is 27.8. The average molecular weight is 573 g/mol. The maximum atomic E-state index is 13.9. The van der Waals surface area contributed by atoms with Gasteiger partial charge in [0, 0.05) is 22.0 Å². The van der Waals surface area contributed by atoms with Crippen molar-refractivity contribution in [3.05, 3.63) is 59.7 Å². The van der Waals surface area contributed by atoms with Crippen LogP contribution in [0.25, 0.3) is 21.5 Å². The Hall–Kier alpha value is -2.56. The molecule has 230 valence electrons. The fourth-order valence-corrected chi connectivity index (χ4v) is 5.83. The van der Waals surface area contributed by atoms with Crippen LogP contribution in [0.2, 0.25) is 0 Å². The smallest absolute Gasteiger partial charge is 0.169 e. The second kappa shape index (κ2) is 15.3. The molecule has 0 unspecified atom stereocenters. The molecule has 0 aliphatic carbocycles. The lowest BCUT2D eigenvalue weighted by Crippen LogP contribution is -2.31. The summed E-state index contributed by atoms with van der Waals surface area (Å²) in [5.74, 6) is 0.372. The Balaban J connectivity index is 1.85. The van der Waals surface area contributed by atoms with E-state index in [9.17, 15) is 9.59 Å². The van der Waals surface area contributed by atoms with Crippen LogP contribution in [0.4, 0.5) is 0 Å². The van der Waals surface area contributed by atoms with Crippen LogP contribution in [0.1, 0.15) is 114 Å². The van der Waals surface area contributed by atoms with Gasteiger partial charge in [0.1, 0.15) is 0 Å². The number of nitrogens with zero attached hydrogens (tertiary/aromatic N) is 2. The minimum Gasteiger partial charge on any atom is -0.306 e. The first-order valence-electron chi connectivity index (χ1n) is 16.3. The number of unbranched alkanes of at least 4 members (excludes halogenated alkanes) is 4. The summed E-state index contributed by atoms with van der Waals surface area (Å²) in [6, 6.07) is 16.3. The third kappa shape index (κ3) is 8.74. The molecule has 0 bridgehead atoms. The predicted molar refractivity (Wildman–Crippen MR) is 181 cm³/mol. The molecule has 0 amide bonds. The highest BCUT2D eigenvalue weighted by molar-refractivity contribution is 6.17. The molecule has 0 radical (unpaired) electrons. The molecule has 0 aliphatic heterocycles. The number of rotatable bonds is 18. The first-order valence-corrected chi connectivity index (χ1v) is 16.3. The zero-order valence-electron chi connectivity index (χ0n) is 27.8. The highest BCUT2D eigenvalue weighted by Gasteiger charge is 2.31. The number of fused-ring (bicyclic) bond motifs is 2. The van der Waals surface area contributed by atoms with E-state index in [4.69, 9.17) is 0 Å².